The number of hydrogen-bond acceptors (Lipinski definition) is 5. The summed E-state index contributed by atoms with van der Waals surface area (Å²) in [6, 6.07) is 0. The van der Waals surface area contributed by atoms with Crippen molar-refractivity contribution in [3.8, 4) is 0 Å². The Balaban J connectivity index is 3.04. The van der Waals surface area contributed by atoms with Gasteiger partial charge in [0.05, 0.1) is 19.8 Å². The topological polar surface area (TPSA) is 65.0 Å². The van der Waals surface area contributed by atoms with E-state index in [1.54, 1.807) is 0 Å². The van der Waals surface area contributed by atoms with Gasteiger partial charge in [0.1, 0.15) is 12.7 Å². The Morgan fingerprint density at radius 3 is 1.91 bits per heavy atom. The Morgan fingerprint density at radius 2 is 1.32 bits per heavy atom. The fourth-order valence-electron chi connectivity index (χ4n) is 1.98. The van der Waals surface area contributed by atoms with Crippen molar-refractivity contribution < 1.29 is 24.1 Å². The van der Waals surface area contributed by atoms with Crippen molar-refractivity contribution in [2.24, 2.45) is 0 Å². The molecule has 0 aromatic carbocycles. The molecule has 0 amide bonds. The largest absolute Gasteiger partial charge is 0.461 e. The summed E-state index contributed by atoms with van der Waals surface area (Å²) in [5, 5.41) is 8.90. The number of hydrogen-bond donors (Lipinski definition) is 1. The lowest BCUT2D eigenvalue weighted by Gasteiger charge is -2.08. The number of rotatable bonds is 16. The predicted octanol–water partition coefficient (Wildman–Crippen LogP) is 3.08. The Hall–Kier alpha value is -0.650. The van der Waals surface area contributed by atoms with Crippen LogP contribution in [0.1, 0.15) is 65.2 Å². The van der Waals surface area contributed by atoms with E-state index in [-0.39, 0.29) is 6.61 Å². The van der Waals surface area contributed by atoms with Gasteiger partial charge in [0.2, 0.25) is 0 Å². The van der Waals surface area contributed by atoms with Gasteiger partial charge in [-0.2, -0.15) is 0 Å². The van der Waals surface area contributed by atoms with Gasteiger partial charge in [-0.1, -0.05) is 51.9 Å². The van der Waals surface area contributed by atoms with Crippen LogP contribution in [0.25, 0.3) is 0 Å². The smallest absolute Gasteiger partial charge is 0.334 e. The second-order valence-corrected chi connectivity index (χ2v) is 5.54. The van der Waals surface area contributed by atoms with E-state index < -0.39 is 12.1 Å². The maximum atomic E-state index is 10.9. The van der Waals surface area contributed by atoms with Gasteiger partial charge in [-0.05, 0) is 13.3 Å². The lowest BCUT2D eigenvalue weighted by Crippen LogP contribution is -2.21. The molecule has 0 aromatic rings. The Bertz CT molecular complexity index is 243. The number of carbonyl (C=O) groups excluding carboxylic acids is 1. The van der Waals surface area contributed by atoms with E-state index in [2.05, 4.69) is 6.92 Å². The minimum absolute atomic E-state index is 0.168. The van der Waals surface area contributed by atoms with Gasteiger partial charge in [0.25, 0.3) is 0 Å². The fraction of sp³-hybridized carbons (Fsp3) is 0.941. The highest BCUT2D eigenvalue weighted by molar-refractivity contribution is 5.73. The molecule has 1 N–H and O–H groups in total. The van der Waals surface area contributed by atoms with E-state index in [0.29, 0.717) is 19.8 Å². The summed E-state index contributed by atoms with van der Waals surface area (Å²) in [5.41, 5.74) is 0. The molecule has 5 heteroatoms. The summed E-state index contributed by atoms with van der Waals surface area (Å²) >= 11 is 0. The first kappa shape index (κ1) is 21.4. The number of esters is 1. The Kier molecular flexibility index (Phi) is 16.2. The number of unbranched alkanes of at least 4 members (excludes halogenated alkanes) is 7. The quantitative estimate of drug-likeness (QED) is 0.350. The monoisotopic (exact) mass is 318 g/mol. The molecule has 1 unspecified atom stereocenters. The van der Waals surface area contributed by atoms with Crippen molar-refractivity contribution in [1.82, 2.24) is 0 Å². The van der Waals surface area contributed by atoms with Crippen molar-refractivity contribution >= 4 is 5.97 Å². The van der Waals surface area contributed by atoms with Crippen LogP contribution in [-0.4, -0.2) is 50.2 Å². The van der Waals surface area contributed by atoms with Crippen LogP contribution < -0.4 is 0 Å². The SMILES string of the molecule is CCCCCCCCCCOCCOCCOC(=O)C(C)O. The number of carbonyl (C=O) groups is 1. The molecule has 0 aromatic heterocycles. The molecule has 0 heterocycles. The second-order valence-electron chi connectivity index (χ2n) is 5.54. The van der Waals surface area contributed by atoms with Crippen molar-refractivity contribution in [3.63, 3.8) is 0 Å². The summed E-state index contributed by atoms with van der Waals surface area (Å²) < 4.78 is 15.5. The number of aliphatic hydroxyl groups excluding tert-OH is 1. The average molecular weight is 318 g/mol. The summed E-state index contributed by atoms with van der Waals surface area (Å²) in [4.78, 5) is 10.9. The minimum atomic E-state index is -1.07. The molecule has 0 aliphatic heterocycles. The molecular formula is C17H34O5. The maximum absolute atomic E-state index is 10.9. The molecule has 132 valence electrons. The van der Waals surface area contributed by atoms with Crippen molar-refractivity contribution in [2.45, 2.75) is 71.3 Å². The third-order valence-electron chi connectivity index (χ3n) is 3.33. The van der Waals surface area contributed by atoms with E-state index in [1.807, 2.05) is 0 Å². The van der Waals surface area contributed by atoms with E-state index in [4.69, 9.17) is 19.3 Å². The van der Waals surface area contributed by atoms with Gasteiger partial charge in [0.15, 0.2) is 0 Å². The second kappa shape index (κ2) is 16.7. The molecule has 22 heavy (non-hydrogen) atoms. The third kappa shape index (κ3) is 15.7. The molecule has 0 saturated heterocycles. The molecule has 0 spiro atoms. The van der Waals surface area contributed by atoms with Crippen molar-refractivity contribution in [1.29, 1.82) is 0 Å². The zero-order valence-corrected chi connectivity index (χ0v) is 14.3. The molecule has 5 nitrogen and oxygen atoms in total. The predicted molar refractivity (Wildman–Crippen MR) is 86.9 cm³/mol. The normalized spacial score (nSPS) is 12.3. The molecule has 0 fully saturated rings. The highest BCUT2D eigenvalue weighted by Gasteiger charge is 2.08. The van der Waals surface area contributed by atoms with Crippen LogP contribution in [-0.2, 0) is 19.0 Å². The summed E-state index contributed by atoms with van der Waals surface area (Å²) in [6.07, 6.45) is 9.32. The van der Waals surface area contributed by atoms with Gasteiger partial charge in [0, 0.05) is 6.61 Å². The molecular weight excluding hydrogens is 284 g/mol. The maximum Gasteiger partial charge on any atom is 0.334 e. The highest BCUT2D eigenvalue weighted by Crippen LogP contribution is 2.08. The molecule has 0 aliphatic rings. The molecule has 0 radical (unpaired) electrons. The first-order chi connectivity index (χ1) is 10.7. The molecule has 0 bridgehead atoms. The van der Waals surface area contributed by atoms with Crippen molar-refractivity contribution in [2.75, 3.05) is 33.0 Å². The van der Waals surface area contributed by atoms with Gasteiger partial charge >= 0.3 is 5.97 Å². The number of ether oxygens (including phenoxy) is 3. The minimum Gasteiger partial charge on any atom is -0.461 e. The number of aliphatic hydroxyl groups is 1. The standard InChI is InChI=1S/C17H34O5/c1-3-4-5-6-7-8-9-10-11-20-12-13-21-14-15-22-17(19)16(2)18/h16,18H,3-15H2,1-2H3. The Labute approximate surface area is 135 Å². The fourth-order valence-corrected chi connectivity index (χ4v) is 1.98. The van der Waals surface area contributed by atoms with Crippen molar-refractivity contribution in [3.05, 3.63) is 0 Å². The van der Waals surface area contributed by atoms with E-state index >= 15 is 0 Å². The zero-order chi connectivity index (χ0) is 16.5. The molecule has 0 aliphatic carbocycles. The van der Waals surface area contributed by atoms with Crippen LogP contribution in [0.2, 0.25) is 0 Å². The van der Waals surface area contributed by atoms with Gasteiger partial charge in [-0.3, -0.25) is 0 Å². The lowest BCUT2D eigenvalue weighted by atomic mass is 10.1. The van der Waals surface area contributed by atoms with Crippen LogP contribution in [0.4, 0.5) is 0 Å². The summed E-state index contributed by atoms with van der Waals surface area (Å²) in [7, 11) is 0. The highest BCUT2D eigenvalue weighted by atomic mass is 16.6. The van der Waals surface area contributed by atoms with Crippen LogP contribution in [0.15, 0.2) is 0 Å². The van der Waals surface area contributed by atoms with Gasteiger partial charge < -0.3 is 19.3 Å². The van der Waals surface area contributed by atoms with Crippen LogP contribution in [0, 0.1) is 0 Å². The first-order valence-corrected chi connectivity index (χ1v) is 8.68. The third-order valence-corrected chi connectivity index (χ3v) is 3.33. The van der Waals surface area contributed by atoms with E-state index in [9.17, 15) is 4.79 Å². The van der Waals surface area contributed by atoms with Crippen LogP contribution >= 0.6 is 0 Å². The molecule has 1 atom stereocenters. The zero-order valence-electron chi connectivity index (χ0n) is 14.3. The van der Waals surface area contributed by atoms with E-state index in [0.717, 1.165) is 13.0 Å². The van der Waals surface area contributed by atoms with Gasteiger partial charge in [-0.25, -0.2) is 4.79 Å². The summed E-state index contributed by atoms with van der Waals surface area (Å²) in [6.45, 7) is 5.98. The van der Waals surface area contributed by atoms with Gasteiger partial charge in [-0.15, -0.1) is 0 Å². The average Bonchev–Trinajstić information content (AvgIpc) is 2.50. The molecule has 0 rings (SSSR count). The first-order valence-electron chi connectivity index (χ1n) is 8.68. The Morgan fingerprint density at radius 1 is 0.818 bits per heavy atom. The van der Waals surface area contributed by atoms with E-state index in [1.165, 1.54) is 51.9 Å². The van der Waals surface area contributed by atoms with Crippen LogP contribution in [0.3, 0.4) is 0 Å². The summed E-state index contributed by atoms with van der Waals surface area (Å²) in [5.74, 6) is -0.616. The van der Waals surface area contributed by atoms with Crippen LogP contribution in [0.5, 0.6) is 0 Å². The lowest BCUT2D eigenvalue weighted by molar-refractivity contribution is -0.154. The molecule has 0 saturated carbocycles.